The average molecular weight is 277 g/mol. The number of rotatable bonds is 9. The molecule has 0 saturated carbocycles. The third kappa shape index (κ3) is 5.64. The van der Waals surface area contributed by atoms with Crippen molar-refractivity contribution in [2.24, 2.45) is 0 Å². The summed E-state index contributed by atoms with van der Waals surface area (Å²) in [6.07, 6.45) is 2.53. The molecular formula is C18H31NO. The molecule has 0 amide bonds. The molecule has 0 aliphatic carbocycles. The third-order valence-corrected chi connectivity index (χ3v) is 3.77. The molecule has 1 aromatic rings. The van der Waals surface area contributed by atoms with Crippen LogP contribution >= 0.6 is 0 Å². The predicted molar refractivity (Wildman–Crippen MR) is 87.3 cm³/mol. The summed E-state index contributed by atoms with van der Waals surface area (Å²) >= 11 is 0. The second-order valence-corrected chi connectivity index (χ2v) is 5.88. The van der Waals surface area contributed by atoms with E-state index in [0.717, 1.165) is 26.0 Å². The zero-order valence-corrected chi connectivity index (χ0v) is 13.8. The number of nitrogens with one attached hydrogen (secondary N) is 1. The SMILES string of the molecule is CCCNC(COC(C)CC)c1ccc(C(C)C)cc1. The van der Waals surface area contributed by atoms with E-state index in [2.05, 4.69) is 64.2 Å². The zero-order chi connectivity index (χ0) is 15.0. The monoisotopic (exact) mass is 277 g/mol. The Balaban J connectivity index is 2.70. The van der Waals surface area contributed by atoms with Crippen LogP contribution in [0.1, 0.15) is 70.5 Å². The number of hydrogen-bond acceptors (Lipinski definition) is 2. The summed E-state index contributed by atoms with van der Waals surface area (Å²) < 4.78 is 5.92. The van der Waals surface area contributed by atoms with Crippen LogP contribution in [0.4, 0.5) is 0 Å². The van der Waals surface area contributed by atoms with Gasteiger partial charge in [-0.1, -0.05) is 52.0 Å². The fourth-order valence-electron chi connectivity index (χ4n) is 2.08. The Labute approximate surface area is 124 Å². The van der Waals surface area contributed by atoms with Crippen molar-refractivity contribution in [3.63, 3.8) is 0 Å². The lowest BCUT2D eigenvalue weighted by atomic mass is 9.99. The second-order valence-electron chi connectivity index (χ2n) is 5.88. The summed E-state index contributed by atoms with van der Waals surface area (Å²) in [6, 6.07) is 9.25. The predicted octanol–water partition coefficient (Wildman–Crippen LogP) is 4.67. The van der Waals surface area contributed by atoms with Gasteiger partial charge < -0.3 is 10.1 Å². The standard InChI is InChI=1S/C18H31NO/c1-6-12-19-18(13-20-15(5)7-2)17-10-8-16(9-11-17)14(3)4/h8-11,14-15,18-19H,6-7,12-13H2,1-5H3. The maximum Gasteiger partial charge on any atom is 0.0665 e. The number of hydrogen-bond donors (Lipinski definition) is 1. The van der Waals surface area contributed by atoms with Gasteiger partial charge in [0.2, 0.25) is 0 Å². The van der Waals surface area contributed by atoms with Crippen molar-refractivity contribution in [1.82, 2.24) is 5.32 Å². The zero-order valence-electron chi connectivity index (χ0n) is 13.8. The Morgan fingerprint density at radius 3 is 2.10 bits per heavy atom. The van der Waals surface area contributed by atoms with Crippen LogP contribution in [-0.2, 0) is 4.74 Å². The van der Waals surface area contributed by atoms with Gasteiger partial charge in [-0.25, -0.2) is 0 Å². The normalized spacial score (nSPS) is 14.5. The van der Waals surface area contributed by atoms with E-state index >= 15 is 0 Å². The summed E-state index contributed by atoms with van der Waals surface area (Å²) in [7, 11) is 0. The molecular weight excluding hydrogens is 246 g/mol. The summed E-state index contributed by atoms with van der Waals surface area (Å²) in [5, 5.41) is 3.59. The Morgan fingerprint density at radius 1 is 1.00 bits per heavy atom. The van der Waals surface area contributed by atoms with Crippen LogP contribution < -0.4 is 5.32 Å². The van der Waals surface area contributed by atoms with Gasteiger partial charge in [0.25, 0.3) is 0 Å². The Bertz CT molecular complexity index is 358. The minimum absolute atomic E-state index is 0.296. The highest BCUT2D eigenvalue weighted by Gasteiger charge is 2.12. The van der Waals surface area contributed by atoms with Crippen molar-refractivity contribution < 1.29 is 4.74 Å². The van der Waals surface area contributed by atoms with Crippen LogP contribution in [0.2, 0.25) is 0 Å². The van der Waals surface area contributed by atoms with Gasteiger partial charge in [0.15, 0.2) is 0 Å². The third-order valence-electron chi connectivity index (χ3n) is 3.77. The van der Waals surface area contributed by atoms with Crippen LogP contribution in [0, 0.1) is 0 Å². The molecule has 0 saturated heterocycles. The van der Waals surface area contributed by atoms with Gasteiger partial charge in [-0.3, -0.25) is 0 Å². The topological polar surface area (TPSA) is 21.3 Å². The van der Waals surface area contributed by atoms with Crippen LogP contribution in [0.5, 0.6) is 0 Å². The molecule has 2 nitrogen and oxygen atoms in total. The number of ether oxygens (including phenoxy) is 1. The molecule has 2 heteroatoms. The fraction of sp³-hybridized carbons (Fsp3) is 0.667. The summed E-state index contributed by atoms with van der Waals surface area (Å²) in [5.41, 5.74) is 2.72. The van der Waals surface area contributed by atoms with Gasteiger partial charge in [0.1, 0.15) is 0 Å². The molecule has 1 aromatic carbocycles. The molecule has 0 spiro atoms. The molecule has 0 fully saturated rings. The lowest BCUT2D eigenvalue weighted by Crippen LogP contribution is -2.27. The van der Waals surface area contributed by atoms with Crippen LogP contribution in [0.25, 0.3) is 0 Å². The number of benzene rings is 1. The molecule has 0 bridgehead atoms. The molecule has 114 valence electrons. The molecule has 0 aliphatic rings. The highest BCUT2D eigenvalue weighted by atomic mass is 16.5. The lowest BCUT2D eigenvalue weighted by Gasteiger charge is -2.22. The van der Waals surface area contributed by atoms with E-state index in [0.29, 0.717) is 18.1 Å². The van der Waals surface area contributed by atoms with Crippen molar-refractivity contribution >= 4 is 0 Å². The first-order valence-electron chi connectivity index (χ1n) is 8.03. The lowest BCUT2D eigenvalue weighted by molar-refractivity contribution is 0.0474. The second kappa shape index (κ2) is 9.15. The van der Waals surface area contributed by atoms with Gasteiger partial charge >= 0.3 is 0 Å². The molecule has 2 atom stereocenters. The minimum atomic E-state index is 0.296. The molecule has 20 heavy (non-hydrogen) atoms. The Kier molecular flexibility index (Phi) is 7.86. The fourth-order valence-corrected chi connectivity index (χ4v) is 2.08. The van der Waals surface area contributed by atoms with E-state index in [-0.39, 0.29) is 0 Å². The molecule has 0 heterocycles. The largest absolute Gasteiger partial charge is 0.377 e. The van der Waals surface area contributed by atoms with Crippen LogP contribution in [0.3, 0.4) is 0 Å². The van der Waals surface area contributed by atoms with E-state index in [4.69, 9.17) is 4.74 Å². The van der Waals surface area contributed by atoms with E-state index < -0.39 is 0 Å². The van der Waals surface area contributed by atoms with E-state index in [1.54, 1.807) is 0 Å². The highest BCUT2D eigenvalue weighted by Crippen LogP contribution is 2.19. The smallest absolute Gasteiger partial charge is 0.0665 e. The summed E-state index contributed by atoms with van der Waals surface area (Å²) in [4.78, 5) is 0. The summed E-state index contributed by atoms with van der Waals surface area (Å²) in [5.74, 6) is 0.586. The Morgan fingerprint density at radius 2 is 1.60 bits per heavy atom. The average Bonchev–Trinajstić information content (AvgIpc) is 2.47. The van der Waals surface area contributed by atoms with Crippen molar-refractivity contribution in [3.05, 3.63) is 35.4 Å². The van der Waals surface area contributed by atoms with Crippen molar-refractivity contribution in [2.75, 3.05) is 13.2 Å². The molecule has 1 N–H and O–H groups in total. The van der Waals surface area contributed by atoms with Crippen molar-refractivity contribution in [1.29, 1.82) is 0 Å². The van der Waals surface area contributed by atoms with E-state index in [9.17, 15) is 0 Å². The maximum atomic E-state index is 5.92. The molecule has 0 aromatic heterocycles. The van der Waals surface area contributed by atoms with E-state index in [1.807, 2.05) is 0 Å². The molecule has 0 aliphatic heterocycles. The Hall–Kier alpha value is -0.860. The van der Waals surface area contributed by atoms with Crippen molar-refractivity contribution in [3.8, 4) is 0 Å². The van der Waals surface area contributed by atoms with Crippen LogP contribution in [0.15, 0.2) is 24.3 Å². The van der Waals surface area contributed by atoms with Gasteiger partial charge in [0, 0.05) is 0 Å². The maximum absolute atomic E-state index is 5.92. The molecule has 1 rings (SSSR count). The van der Waals surface area contributed by atoms with Gasteiger partial charge in [-0.15, -0.1) is 0 Å². The first-order chi connectivity index (χ1) is 9.58. The van der Waals surface area contributed by atoms with Gasteiger partial charge in [0.05, 0.1) is 18.8 Å². The van der Waals surface area contributed by atoms with Gasteiger partial charge in [-0.2, -0.15) is 0 Å². The first-order valence-corrected chi connectivity index (χ1v) is 8.03. The molecule has 0 radical (unpaired) electrons. The van der Waals surface area contributed by atoms with E-state index in [1.165, 1.54) is 11.1 Å². The van der Waals surface area contributed by atoms with Crippen LogP contribution in [-0.4, -0.2) is 19.3 Å². The quantitative estimate of drug-likeness (QED) is 0.708. The first kappa shape index (κ1) is 17.2. The van der Waals surface area contributed by atoms with Crippen molar-refractivity contribution in [2.45, 2.75) is 65.5 Å². The minimum Gasteiger partial charge on any atom is -0.377 e. The summed E-state index contributed by atoms with van der Waals surface area (Å²) in [6.45, 7) is 12.7. The highest BCUT2D eigenvalue weighted by molar-refractivity contribution is 5.27. The van der Waals surface area contributed by atoms with Gasteiger partial charge in [-0.05, 0) is 43.4 Å². The molecule has 2 unspecified atom stereocenters.